The summed E-state index contributed by atoms with van der Waals surface area (Å²) in [7, 11) is 1.37. The van der Waals surface area contributed by atoms with Gasteiger partial charge in [0.25, 0.3) is 0 Å². The van der Waals surface area contributed by atoms with Crippen molar-refractivity contribution in [3.63, 3.8) is 0 Å². The monoisotopic (exact) mass is 631 g/mol. The van der Waals surface area contributed by atoms with Crippen LogP contribution in [0.1, 0.15) is 73.0 Å². The summed E-state index contributed by atoms with van der Waals surface area (Å²) in [6, 6.07) is 26.1. The van der Waals surface area contributed by atoms with Crippen LogP contribution in [0.4, 0.5) is 0 Å². The van der Waals surface area contributed by atoms with Gasteiger partial charge in [-0.25, -0.2) is 4.79 Å². The predicted molar refractivity (Wildman–Crippen MR) is 179 cm³/mol. The van der Waals surface area contributed by atoms with Gasteiger partial charge in [0.2, 0.25) is 0 Å². The highest BCUT2D eigenvalue weighted by Gasteiger charge is 2.29. The fraction of sp³-hybridized carbons (Fsp3) is 0.447. The molecule has 3 aromatic carbocycles. The lowest BCUT2D eigenvalue weighted by molar-refractivity contribution is -0.162. The average Bonchev–Trinajstić information content (AvgIpc) is 3.08. The topological polar surface area (TPSA) is 91.4 Å². The second-order valence-corrected chi connectivity index (χ2v) is 11.2. The van der Waals surface area contributed by atoms with Gasteiger partial charge in [0.15, 0.2) is 5.92 Å². The van der Waals surface area contributed by atoms with Crippen molar-refractivity contribution in [3.8, 4) is 5.75 Å². The lowest BCUT2D eigenvalue weighted by Crippen LogP contribution is -2.31. The summed E-state index contributed by atoms with van der Waals surface area (Å²) in [4.78, 5) is 39.2. The Balaban J connectivity index is 1.60. The van der Waals surface area contributed by atoms with E-state index in [-0.39, 0.29) is 19.2 Å². The number of unbranched alkanes of at least 4 members (excludes halogenated alkanes) is 2. The molecule has 3 aromatic rings. The zero-order valence-corrected chi connectivity index (χ0v) is 27.6. The summed E-state index contributed by atoms with van der Waals surface area (Å²) >= 11 is 0. The van der Waals surface area contributed by atoms with Crippen LogP contribution in [0.3, 0.4) is 0 Å². The molecule has 0 aliphatic rings. The minimum absolute atomic E-state index is 0.206. The number of hydrogen-bond donors (Lipinski definition) is 0. The molecule has 0 fully saturated rings. The predicted octanol–water partition coefficient (Wildman–Crippen LogP) is 6.83. The lowest BCUT2D eigenvalue weighted by Gasteiger charge is -2.24. The standard InChI is InChI=1S/C38H49NO7/c1-4-44-37(41)34(38(42)45-5-2)19-14-26-39(29-31-21-23-33(24-22-31)36(40)43-3)27-25-32-18-11-12-20-35(32)46-28-13-7-10-17-30-15-8-6-9-16-30/h6,8-9,11-12,15-16,18,20-24,34H,4-5,7,10,13-14,17,19,25-29H2,1-3H3. The number of benzene rings is 3. The number of esters is 3. The van der Waals surface area contributed by atoms with Crippen molar-refractivity contribution in [1.29, 1.82) is 0 Å². The molecule has 46 heavy (non-hydrogen) atoms. The third-order valence-electron chi connectivity index (χ3n) is 7.77. The first-order valence-electron chi connectivity index (χ1n) is 16.4. The van der Waals surface area contributed by atoms with Crippen molar-refractivity contribution in [2.45, 2.75) is 65.3 Å². The van der Waals surface area contributed by atoms with Crippen molar-refractivity contribution in [1.82, 2.24) is 4.90 Å². The molecule has 0 N–H and O–H groups in total. The molecule has 8 heteroatoms. The molecule has 0 bridgehead atoms. The third kappa shape index (κ3) is 12.7. The van der Waals surface area contributed by atoms with Crippen LogP contribution in [-0.4, -0.2) is 62.8 Å². The smallest absolute Gasteiger partial charge is 0.337 e. The number of rotatable bonds is 21. The van der Waals surface area contributed by atoms with Crippen molar-refractivity contribution in [3.05, 3.63) is 101 Å². The molecule has 0 saturated carbocycles. The Labute approximate surface area is 274 Å². The molecule has 248 valence electrons. The molecule has 8 nitrogen and oxygen atoms in total. The average molecular weight is 632 g/mol. The first-order valence-corrected chi connectivity index (χ1v) is 16.4. The van der Waals surface area contributed by atoms with Crippen LogP contribution in [0.15, 0.2) is 78.9 Å². The largest absolute Gasteiger partial charge is 0.493 e. The van der Waals surface area contributed by atoms with E-state index < -0.39 is 17.9 Å². The van der Waals surface area contributed by atoms with Crippen LogP contribution >= 0.6 is 0 Å². The molecular weight excluding hydrogens is 582 g/mol. The fourth-order valence-corrected chi connectivity index (χ4v) is 5.29. The van der Waals surface area contributed by atoms with Gasteiger partial charge in [-0.3, -0.25) is 14.5 Å². The number of ether oxygens (including phenoxy) is 4. The number of hydrogen-bond acceptors (Lipinski definition) is 8. The molecular formula is C38H49NO7. The molecule has 3 rings (SSSR count). The second-order valence-electron chi connectivity index (χ2n) is 11.2. The van der Waals surface area contributed by atoms with Gasteiger partial charge in [0, 0.05) is 13.1 Å². The second kappa shape index (κ2) is 20.8. The molecule has 0 aromatic heterocycles. The summed E-state index contributed by atoms with van der Waals surface area (Å²) < 4.78 is 21.4. The Morgan fingerprint density at radius 3 is 2.04 bits per heavy atom. The zero-order valence-electron chi connectivity index (χ0n) is 27.6. The normalized spacial score (nSPS) is 11.0. The molecule has 0 amide bonds. The highest BCUT2D eigenvalue weighted by molar-refractivity contribution is 5.94. The summed E-state index contributed by atoms with van der Waals surface area (Å²) in [6.07, 6.45) is 6.03. The van der Waals surface area contributed by atoms with E-state index in [0.717, 1.165) is 55.5 Å². The van der Waals surface area contributed by atoms with Gasteiger partial charge in [0.1, 0.15) is 5.75 Å². The Kier molecular flexibility index (Phi) is 16.4. The highest BCUT2D eigenvalue weighted by atomic mass is 16.6. The SMILES string of the molecule is CCOC(=O)C(CCCN(CCc1ccccc1OCCCCCc1ccccc1)Cc1ccc(C(=O)OC)cc1)C(=O)OCC. The van der Waals surface area contributed by atoms with Crippen LogP contribution in [-0.2, 0) is 43.2 Å². The van der Waals surface area contributed by atoms with E-state index in [0.29, 0.717) is 38.1 Å². The number of aryl methyl sites for hydroxylation is 1. The third-order valence-corrected chi connectivity index (χ3v) is 7.77. The van der Waals surface area contributed by atoms with Gasteiger partial charge in [-0.1, -0.05) is 60.7 Å². The van der Waals surface area contributed by atoms with Gasteiger partial charge in [-0.2, -0.15) is 0 Å². The van der Waals surface area contributed by atoms with Crippen molar-refractivity contribution in [2.24, 2.45) is 5.92 Å². The van der Waals surface area contributed by atoms with Crippen molar-refractivity contribution in [2.75, 3.05) is 40.0 Å². The van der Waals surface area contributed by atoms with Gasteiger partial charge in [-0.05, 0) is 100 Å². The van der Waals surface area contributed by atoms with E-state index in [4.69, 9.17) is 18.9 Å². The van der Waals surface area contributed by atoms with Crippen LogP contribution in [0, 0.1) is 5.92 Å². The minimum atomic E-state index is -0.942. The number of methoxy groups -OCH3 is 1. The first kappa shape index (κ1) is 36.3. The van der Waals surface area contributed by atoms with Gasteiger partial charge < -0.3 is 18.9 Å². The number of carbonyl (C=O) groups is 3. The number of nitrogens with zero attached hydrogens (tertiary/aromatic N) is 1. The quantitative estimate of drug-likeness (QED) is 0.0547. The number of carbonyl (C=O) groups excluding carboxylic acids is 3. The van der Waals surface area contributed by atoms with E-state index in [9.17, 15) is 14.4 Å². The van der Waals surface area contributed by atoms with Crippen molar-refractivity contribution >= 4 is 17.9 Å². The molecule has 0 spiro atoms. The summed E-state index contributed by atoms with van der Waals surface area (Å²) in [5, 5.41) is 0. The maximum atomic E-state index is 12.5. The highest BCUT2D eigenvalue weighted by Crippen LogP contribution is 2.21. The van der Waals surface area contributed by atoms with Gasteiger partial charge in [0.05, 0.1) is 32.5 Å². The molecule has 0 heterocycles. The Hall–Kier alpha value is -4.17. The van der Waals surface area contributed by atoms with Crippen LogP contribution in [0.25, 0.3) is 0 Å². The van der Waals surface area contributed by atoms with Crippen LogP contribution in [0.5, 0.6) is 5.75 Å². The first-order chi connectivity index (χ1) is 22.4. The summed E-state index contributed by atoms with van der Waals surface area (Å²) in [5.74, 6) is -1.50. The summed E-state index contributed by atoms with van der Waals surface area (Å²) in [6.45, 7) is 6.55. The number of para-hydroxylation sites is 1. The maximum absolute atomic E-state index is 12.5. The Bertz CT molecular complexity index is 1310. The van der Waals surface area contributed by atoms with E-state index in [1.54, 1.807) is 26.0 Å². The Morgan fingerprint density at radius 1 is 0.696 bits per heavy atom. The van der Waals surface area contributed by atoms with E-state index in [2.05, 4.69) is 35.2 Å². The molecule has 0 unspecified atom stereocenters. The zero-order chi connectivity index (χ0) is 33.0. The van der Waals surface area contributed by atoms with Crippen LogP contribution in [0.2, 0.25) is 0 Å². The molecule has 0 saturated heterocycles. The van der Waals surface area contributed by atoms with E-state index in [1.807, 2.05) is 36.4 Å². The molecule has 0 aliphatic carbocycles. The van der Waals surface area contributed by atoms with Crippen molar-refractivity contribution < 1.29 is 33.3 Å². The van der Waals surface area contributed by atoms with Gasteiger partial charge >= 0.3 is 17.9 Å². The van der Waals surface area contributed by atoms with Gasteiger partial charge in [-0.15, -0.1) is 0 Å². The maximum Gasteiger partial charge on any atom is 0.337 e. The lowest BCUT2D eigenvalue weighted by atomic mass is 10.0. The molecule has 0 aliphatic heterocycles. The minimum Gasteiger partial charge on any atom is -0.493 e. The molecule has 0 atom stereocenters. The van der Waals surface area contributed by atoms with Crippen LogP contribution < -0.4 is 4.74 Å². The summed E-state index contributed by atoms with van der Waals surface area (Å²) in [5.41, 5.74) is 4.04. The van der Waals surface area contributed by atoms with E-state index >= 15 is 0 Å². The van der Waals surface area contributed by atoms with E-state index in [1.165, 1.54) is 12.7 Å². The Morgan fingerprint density at radius 2 is 1.37 bits per heavy atom. The fourth-order valence-electron chi connectivity index (χ4n) is 5.29. The molecule has 0 radical (unpaired) electrons.